The lowest BCUT2D eigenvalue weighted by Crippen LogP contribution is -2.37. The second-order valence-electron chi connectivity index (χ2n) is 15.2. The van der Waals surface area contributed by atoms with Crippen LogP contribution < -0.4 is 23.4 Å². The van der Waals surface area contributed by atoms with Crippen LogP contribution in [0.15, 0.2) is 178 Å². The monoisotopic (exact) mass is 1170 g/mol. The molecule has 1 aromatic carbocycles. The van der Waals surface area contributed by atoms with Crippen LogP contribution in [0.1, 0.15) is 166 Å². The van der Waals surface area contributed by atoms with E-state index in [1.54, 1.807) is 12.7 Å². The average Bonchev–Trinajstić information content (AvgIpc) is 4.60. The molecule has 0 amide bonds. The highest BCUT2D eigenvalue weighted by Gasteiger charge is 2.12. The number of hydrogen-bond donors (Lipinski definition) is 0. The van der Waals surface area contributed by atoms with Crippen LogP contribution in [0.3, 0.4) is 0 Å². The molecule has 0 aliphatic carbocycles. The molecule has 10 aromatic rings. The van der Waals surface area contributed by atoms with Crippen molar-refractivity contribution < 1.29 is 23.4 Å². The maximum Gasteiger partial charge on any atom is 0.198 e. The third-order valence-corrected chi connectivity index (χ3v) is 10.4. The minimum absolute atomic E-state index is 0.919. The lowest BCUT2D eigenvalue weighted by molar-refractivity contribution is -0.744. The zero-order valence-electron chi connectivity index (χ0n) is 58.9. The Morgan fingerprint density at radius 1 is 0.282 bits per heavy atom. The Morgan fingerprint density at radius 2 is 0.624 bits per heavy atom. The van der Waals surface area contributed by atoms with Gasteiger partial charge < -0.3 is 0 Å². The third kappa shape index (κ3) is 30.2. The molecule has 0 saturated carbocycles. The Bertz CT molecular complexity index is 2570. The fraction of sp³-hybridized carbons (Fsp3) is 0.435. The Labute approximate surface area is 517 Å². The fourth-order valence-corrected chi connectivity index (χ4v) is 6.77. The molecule has 0 fully saturated rings. The summed E-state index contributed by atoms with van der Waals surface area (Å²) in [7, 11) is 9.99. The molecule has 16 nitrogen and oxygen atoms in total. The summed E-state index contributed by atoms with van der Waals surface area (Å²) in [4.78, 5) is 24.7. The van der Waals surface area contributed by atoms with Gasteiger partial charge >= 0.3 is 0 Å². The first-order valence-corrected chi connectivity index (χ1v) is 31.0. The molecule has 0 bridgehead atoms. The van der Waals surface area contributed by atoms with E-state index < -0.39 is 0 Å². The van der Waals surface area contributed by atoms with Crippen LogP contribution in [0, 0.1) is 34.6 Å². The summed E-state index contributed by atoms with van der Waals surface area (Å²) in [6, 6.07) is 24.4. The van der Waals surface area contributed by atoms with Gasteiger partial charge in [-0.3, -0.25) is 4.98 Å². The summed E-state index contributed by atoms with van der Waals surface area (Å²) in [5.41, 5.74) is 9.08. The first-order chi connectivity index (χ1) is 41.4. The van der Waals surface area contributed by atoms with Crippen molar-refractivity contribution in [2.75, 3.05) is 0 Å². The van der Waals surface area contributed by atoms with E-state index >= 15 is 0 Å². The number of aromatic nitrogens is 16. The average molecular weight is 1170 g/mol. The van der Waals surface area contributed by atoms with Gasteiger partial charge in [0.05, 0.1) is 49.1 Å². The van der Waals surface area contributed by atoms with Crippen LogP contribution in [-0.2, 0) is 35.2 Å². The van der Waals surface area contributed by atoms with Crippen molar-refractivity contribution in [3.63, 3.8) is 0 Å². The molecule has 10 rings (SSSR count). The first kappa shape index (κ1) is 85.5. The van der Waals surface area contributed by atoms with Gasteiger partial charge in [0.1, 0.15) is 29.7 Å². The maximum atomic E-state index is 4.32. The molecule has 0 spiro atoms. The second kappa shape index (κ2) is 56.2. The molecule has 0 atom stereocenters. The van der Waals surface area contributed by atoms with E-state index in [1.165, 1.54) is 22.4 Å². The number of nitrogens with zero attached hydrogens (tertiary/aromatic N) is 16. The molecular formula is C69H119N16+5. The van der Waals surface area contributed by atoms with Crippen molar-refractivity contribution in [3.05, 3.63) is 206 Å². The van der Waals surface area contributed by atoms with Crippen molar-refractivity contribution in [1.82, 2.24) is 53.3 Å². The Hall–Kier alpha value is -8.27. The number of benzene rings is 1. The minimum Gasteiger partial charge on any atom is -0.262 e. The van der Waals surface area contributed by atoms with E-state index in [4.69, 9.17) is 0 Å². The third-order valence-electron chi connectivity index (χ3n) is 10.4. The molecule has 9 heterocycles. The summed E-state index contributed by atoms with van der Waals surface area (Å²) in [5.74, 6) is 1.90. The quantitative estimate of drug-likeness (QED) is 0.158. The van der Waals surface area contributed by atoms with E-state index in [2.05, 4.69) is 101 Å². The number of para-hydroxylation sites is 1. The van der Waals surface area contributed by atoms with Crippen LogP contribution >= 0.6 is 0 Å². The van der Waals surface area contributed by atoms with Gasteiger partial charge in [-0.2, -0.15) is 0 Å². The van der Waals surface area contributed by atoms with Gasteiger partial charge in [-0.05, 0) is 69.5 Å². The van der Waals surface area contributed by atoms with E-state index in [0.29, 0.717) is 0 Å². The highest BCUT2D eigenvalue weighted by atomic mass is 15.4. The van der Waals surface area contributed by atoms with E-state index in [9.17, 15) is 0 Å². The zero-order chi connectivity index (χ0) is 66.3. The number of pyridine rings is 2. The number of rotatable bonds is 5. The molecule has 9 aromatic heterocycles. The highest BCUT2D eigenvalue weighted by molar-refractivity contribution is 5.38. The Kier molecular flexibility index (Phi) is 56.6. The van der Waals surface area contributed by atoms with Gasteiger partial charge in [0.25, 0.3) is 0 Å². The normalized spacial score (nSPS) is 8.59. The van der Waals surface area contributed by atoms with Crippen LogP contribution in [0.4, 0.5) is 0 Å². The smallest absolute Gasteiger partial charge is 0.198 e. The molecule has 85 heavy (non-hydrogen) atoms. The van der Waals surface area contributed by atoms with Gasteiger partial charge in [-0.15, -0.1) is 46.8 Å². The second-order valence-corrected chi connectivity index (χ2v) is 15.2. The van der Waals surface area contributed by atoms with Crippen molar-refractivity contribution in [2.24, 2.45) is 35.2 Å². The van der Waals surface area contributed by atoms with Gasteiger partial charge in [-0.25, -0.2) is 24.9 Å². The molecule has 0 aliphatic rings. The molecule has 16 heteroatoms. The fourth-order valence-electron chi connectivity index (χ4n) is 6.77. The molecule has 0 saturated heterocycles. The minimum atomic E-state index is 0.919. The topological polar surface area (TPSA) is 121 Å². The van der Waals surface area contributed by atoms with Crippen molar-refractivity contribution in [1.29, 1.82) is 0 Å². The molecule has 0 aliphatic heterocycles. The predicted octanol–water partition coefficient (Wildman–Crippen LogP) is 14.7. The SMILES string of the molecule is CC.CC.CC.CC.CC.CC.CC.CC.CC.CC.Cc1ccccc1-n1ccc[n+]1C.Cc1cccnc1-n1ccc[n+]1C.Cc1ccncc1-n1ccc[n+]1C.Cc1cncnc1-n1ccc[n+]1C.Cc1ncncc1-n1ccc[n+]1C. The molecular weight excluding hydrogens is 1050 g/mol. The van der Waals surface area contributed by atoms with Crippen molar-refractivity contribution >= 4 is 0 Å². The number of hydrogen-bond acceptors (Lipinski definition) is 6. The maximum absolute atomic E-state index is 4.32. The van der Waals surface area contributed by atoms with Gasteiger partial charge in [-0.1, -0.05) is 163 Å². The summed E-state index contributed by atoms with van der Waals surface area (Å²) < 4.78 is 20.2. The largest absolute Gasteiger partial charge is 0.262 e. The van der Waals surface area contributed by atoms with E-state index in [1.807, 2.05) is 350 Å². The van der Waals surface area contributed by atoms with Crippen molar-refractivity contribution in [3.8, 4) is 28.7 Å². The van der Waals surface area contributed by atoms with Crippen LogP contribution in [0.5, 0.6) is 0 Å². The van der Waals surface area contributed by atoms with Crippen LogP contribution in [-0.4, -0.2) is 53.3 Å². The van der Waals surface area contributed by atoms with Crippen molar-refractivity contribution in [2.45, 2.75) is 173 Å². The standard InChI is InChI=1S/C11H13N2.2C10H12N3.2C9H11N4.10C2H6/c1-10-6-3-4-7-11(10)13-9-5-8-12(13)2;1-9-4-5-11-8-10(9)13-7-3-6-12(13)2;1-9-5-3-6-11-10(9)13-8-4-7-12(13)2;1-8-9(6-10-7-11-8)13-5-3-4-12(13)2;1-8-6-10-7-11-9(8)13-5-3-4-12(13)2;10*1-2/h3-9H,1-2H3;2*3-8H,1-2H3;2*3-7H,1-2H3;10*1-2H3/q5*+1;;;;;;;;;;. The van der Waals surface area contributed by atoms with Gasteiger partial charge in [0.15, 0.2) is 77.9 Å². The molecule has 0 unspecified atom stereocenters. The van der Waals surface area contributed by atoms with E-state index in [0.717, 1.165) is 34.3 Å². The molecule has 470 valence electrons. The lowest BCUT2D eigenvalue weighted by atomic mass is 10.2. The predicted molar refractivity (Wildman–Crippen MR) is 359 cm³/mol. The number of aryl methyl sites for hydroxylation is 10. The van der Waals surface area contributed by atoms with E-state index in [-0.39, 0.29) is 0 Å². The summed E-state index contributed by atoms with van der Waals surface area (Å²) in [5, 5.41) is 0. The molecule has 0 radical (unpaired) electrons. The highest BCUT2D eigenvalue weighted by Crippen LogP contribution is 2.11. The Morgan fingerprint density at radius 3 is 1.00 bits per heavy atom. The first-order valence-electron chi connectivity index (χ1n) is 31.0. The summed E-state index contributed by atoms with van der Waals surface area (Å²) >= 11 is 0. The molecule has 0 N–H and O–H groups in total. The van der Waals surface area contributed by atoms with Gasteiger partial charge in [0.2, 0.25) is 0 Å². The Balaban J connectivity index is -0.000000291. The zero-order valence-corrected chi connectivity index (χ0v) is 58.9. The lowest BCUT2D eigenvalue weighted by Gasteiger charge is -2.02. The van der Waals surface area contributed by atoms with Gasteiger partial charge in [0, 0.05) is 54.5 Å². The summed E-state index contributed by atoms with van der Waals surface area (Å²) in [6.07, 6.45) is 32.2. The van der Waals surface area contributed by atoms with Crippen LogP contribution in [0.2, 0.25) is 0 Å². The summed E-state index contributed by atoms with van der Waals surface area (Å²) in [6.45, 7) is 50.2. The van der Waals surface area contributed by atoms with Crippen LogP contribution in [0.25, 0.3) is 28.7 Å².